The fraction of sp³-hybridized carbons (Fsp3) is 0.318. The summed E-state index contributed by atoms with van der Waals surface area (Å²) in [6.45, 7) is 3.53. The van der Waals surface area contributed by atoms with Crippen molar-refractivity contribution in [1.29, 1.82) is 0 Å². The Morgan fingerprint density at radius 2 is 1.87 bits per heavy atom. The van der Waals surface area contributed by atoms with Crippen molar-refractivity contribution in [3.63, 3.8) is 0 Å². The number of fused-ring (bicyclic) bond motifs is 1. The molecular formula is C22H23Cl2N3O3S. The molecule has 0 spiro atoms. The maximum Gasteiger partial charge on any atom is 0.320 e. The SMILES string of the molecule is CSc1ccc(-c2ccc3c(C(=O)NC(C)(C)COC(=O)CCl)nn(C)c3c2)cc1Cl. The van der Waals surface area contributed by atoms with Crippen molar-refractivity contribution in [1.82, 2.24) is 15.1 Å². The number of nitrogens with zero attached hydrogens (tertiary/aromatic N) is 2. The fourth-order valence-corrected chi connectivity index (χ4v) is 4.10. The maximum absolute atomic E-state index is 12.9. The molecule has 6 nitrogen and oxygen atoms in total. The minimum atomic E-state index is -0.779. The third-order valence-corrected chi connectivity index (χ3v) is 6.15. The topological polar surface area (TPSA) is 73.2 Å². The number of alkyl halides is 1. The summed E-state index contributed by atoms with van der Waals surface area (Å²) in [7, 11) is 1.79. The summed E-state index contributed by atoms with van der Waals surface area (Å²) < 4.78 is 6.73. The van der Waals surface area contributed by atoms with Gasteiger partial charge in [-0.05, 0) is 55.5 Å². The van der Waals surface area contributed by atoms with Gasteiger partial charge >= 0.3 is 5.97 Å². The van der Waals surface area contributed by atoms with Gasteiger partial charge in [0.2, 0.25) is 0 Å². The van der Waals surface area contributed by atoms with Crippen molar-refractivity contribution in [2.45, 2.75) is 24.3 Å². The van der Waals surface area contributed by atoms with Crippen LogP contribution in [-0.4, -0.2) is 45.9 Å². The molecule has 9 heteroatoms. The number of esters is 1. The van der Waals surface area contributed by atoms with Crippen molar-refractivity contribution in [3.05, 3.63) is 47.1 Å². The van der Waals surface area contributed by atoms with Crippen LogP contribution in [0.1, 0.15) is 24.3 Å². The van der Waals surface area contributed by atoms with Crippen molar-refractivity contribution >= 4 is 57.7 Å². The van der Waals surface area contributed by atoms with Gasteiger partial charge in [0.1, 0.15) is 12.5 Å². The molecule has 0 radical (unpaired) electrons. The quantitative estimate of drug-likeness (QED) is 0.296. The molecule has 164 valence electrons. The lowest BCUT2D eigenvalue weighted by Gasteiger charge is -2.25. The second-order valence-electron chi connectivity index (χ2n) is 7.69. The van der Waals surface area contributed by atoms with Gasteiger partial charge in [-0.25, -0.2) is 0 Å². The summed E-state index contributed by atoms with van der Waals surface area (Å²) in [5.41, 5.74) is 2.30. The molecule has 0 saturated heterocycles. The van der Waals surface area contributed by atoms with E-state index in [-0.39, 0.29) is 18.4 Å². The number of aryl methyl sites for hydroxylation is 1. The number of carbonyl (C=O) groups is 2. The molecule has 1 heterocycles. The third-order valence-electron chi connectivity index (χ3n) is 4.71. The summed E-state index contributed by atoms with van der Waals surface area (Å²) in [5.74, 6) is -1.12. The highest BCUT2D eigenvalue weighted by Gasteiger charge is 2.26. The van der Waals surface area contributed by atoms with Crippen LogP contribution in [0, 0.1) is 0 Å². The number of amides is 1. The summed E-state index contributed by atoms with van der Waals surface area (Å²) >= 11 is 13.4. The molecule has 0 bridgehead atoms. The molecule has 0 aliphatic rings. The van der Waals surface area contributed by atoms with Crippen molar-refractivity contribution in [3.8, 4) is 11.1 Å². The Labute approximate surface area is 195 Å². The smallest absolute Gasteiger partial charge is 0.320 e. The lowest BCUT2D eigenvalue weighted by Crippen LogP contribution is -2.47. The molecule has 3 rings (SSSR count). The molecule has 0 atom stereocenters. The number of aromatic nitrogens is 2. The number of rotatable bonds is 7. The average Bonchev–Trinajstić information content (AvgIpc) is 3.08. The van der Waals surface area contributed by atoms with Crippen LogP contribution < -0.4 is 5.32 Å². The zero-order chi connectivity index (χ0) is 22.8. The van der Waals surface area contributed by atoms with Crippen LogP contribution in [0.3, 0.4) is 0 Å². The summed E-state index contributed by atoms with van der Waals surface area (Å²) in [5, 5.41) is 8.71. The Morgan fingerprint density at radius 1 is 1.19 bits per heavy atom. The number of carbonyl (C=O) groups excluding carboxylic acids is 2. The first kappa shape index (κ1) is 23.4. The molecule has 1 aromatic heterocycles. The number of nitrogens with one attached hydrogen (secondary N) is 1. The first-order valence-electron chi connectivity index (χ1n) is 9.50. The molecule has 1 N–H and O–H groups in total. The molecule has 0 aliphatic heterocycles. The van der Waals surface area contributed by atoms with Gasteiger partial charge in [-0.1, -0.05) is 23.7 Å². The van der Waals surface area contributed by atoms with Crippen LogP contribution in [0.5, 0.6) is 0 Å². The van der Waals surface area contributed by atoms with E-state index in [0.717, 1.165) is 26.9 Å². The number of hydrogen-bond donors (Lipinski definition) is 1. The minimum Gasteiger partial charge on any atom is -0.462 e. The minimum absolute atomic E-state index is 0.00596. The number of ether oxygens (including phenoxy) is 1. The van der Waals surface area contributed by atoms with Gasteiger partial charge in [-0.3, -0.25) is 14.3 Å². The van der Waals surface area contributed by atoms with Crippen molar-refractivity contribution in [2.75, 3.05) is 18.7 Å². The van der Waals surface area contributed by atoms with Gasteiger partial charge in [-0.15, -0.1) is 23.4 Å². The van der Waals surface area contributed by atoms with E-state index in [1.807, 2.05) is 42.7 Å². The third kappa shape index (κ3) is 5.34. The lowest BCUT2D eigenvalue weighted by molar-refractivity contribution is -0.142. The average molecular weight is 480 g/mol. The van der Waals surface area contributed by atoms with E-state index in [1.165, 1.54) is 0 Å². The predicted octanol–water partition coefficient (Wildman–Crippen LogP) is 4.91. The van der Waals surface area contributed by atoms with Crippen LogP contribution >= 0.6 is 35.0 Å². The highest BCUT2D eigenvalue weighted by Crippen LogP contribution is 2.32. The summed E-state index contributed by atoms with van der Waals surface area (Å²) in [6, 6.07) is 11.8. The number of halogens is 2. The molecule has 1 amide bonds. The van der Waals surface area contributed by atoms with Gasteiger partial charge in [0, 0.05) is 17.3 Å². The standard InChI is InChI=1S/C22H23Cl2N3O3S/c1-22(2,12-30-19(28)11-23)25-21(29)20-15-7-5-14(10-17(15)27(3)26-20)13-6-8-18(31-4)16(24)9-13/h5-10H,11-12H2,1-4H3,(H,25,29). The molecule has 3 aromatic rings. The Bertz CT molecular complexity index is 1140. The molecule has 2 aromatic carbocycles. The first-order chi connectivity index (χ1) is 14.6. The Kier molecular flexibility index (Phi) is 7.19. The van der Waals surface area contributed by atoms with Gasteiger partial charge in [0.25, 0.3) is 5.91 Å². The second-order valence-corrected chi connectivity index (χ2v) is 9.21. The number of hydrogen-bond acceptors (Lipinski definition) is 5. The van der Waals surface area contributed by atoms with Gasteiger partial charge in [-0.2, -0.15) is 5.10 Å². The second kappa shape index (κ2) is 9.51. The zero-order valence-corrected chi connectivity index (χ0v) is 20.0. The van der Waals surface area contributed by atoms with E-state index in [2.05, 4.69) is 10.4 Å². The number of thioether (sulfide) groups is 1. The highest BCUT2D eigenvalue weighted by molar-refractivity contribution is 7.98. The molecule has 0 aliphatic carbocycles. The fourth-order valence-electron chi connectivity index (χ4n) is 3.15. The Hall–Kier alpha value is -2.22. The highest BCUT2D eigenvalue weighted by atomic mass is 35.5. The van der Waals surface area contributed by atoms with Crippen molar-refractivity contribution < 1.29 is 14.3 Å². The van der Waals surface area contributed by atoms with Gasteiger partial charge < -0.3 is 10.1 Å². The van der Waals surface area contributed by atoms with Crippen LogP contribution in [0.2, 0.25) is 5.02 Å². The monoisotopic (exact) mass is 479 g/mol. The van der Waals surface area contributed by atoms with E-state index in [4.69, 9.17) is 27.9 Å². The van der Waals surface area contributed by atoms with E-state index in [1.54, 1.807) is 37.3 Å². The van der Waals surface area contributed by atoms with E-state index >= 15 is 0 Å². The molecule has 31 heavy (non-hydrogen) atoms. The van der Waals surface area contributed by atoms with E-state index in [9.17, 15) is 9.59 Å². The van der Waals surface area contributed by atoms with E-state index in [0.29, 0.717) is 10.7 Å². The first-order valence-corrected chi connectivity index (χ1v) is 11.6. The normalized spacial score (nSPS) is 11.5. The maximum atomic E-state index is 12.9. The van der Waals surface area contributed by atoms with Crippen LogP contribution in [-0.2, 0) is 16.6 Å². The number of benzene rings is 2. The van der Waals surface area contributed by atoms with Crippen LogP contribution in [0.25, 0.3) is 22.0 Å². The van der Waals surface area contributed by atoms with Crippen LogP contribution in [0.15, 0.2) is 41.3 Å². The lowest BCUT2D eigenvalue weighted by atomic mass is 10.0. The summed E-state index contributed by atoms with van der Waals surface area (Å²) in [6.07, 6.45) is 1.98. The summed E-state index contributed by atoms with van der Waals surface area (Å²) in [4.78, 5) is 25.2. The van der Waals surface area contributed by atoms with Crippen LogP contribution in [0.4, 0.5) is 0 Å². The predicted molar refractivity (Wildman–Crippen MR) is 126 cm³/mol. The molecular weight excluding hydrogens is 457 g/mol. The Morgan fingerprint density at radius 3 is 2.52 bits per heavy atom. The van der Waals surface area contributed by atoms with Crippen molar-refractivity contribution in [2.24, 2.45) is 7.05 Å². The largest absolute Gasteiger partial charge is 0.462 e. The molecule has 0 unspecified atom stereocenters. The van der Waals surface area contributed by atoms with Gasteiger partial charge in [0.05, 0.1) is 16.1 Å². The van der Waals surface area contributed by atoms with E-state index < -0.39 is 11.5 Å². The molecule has 0 fully saturated rings. The van der Waals surface area contributed by atoms with Gasteiger partial charge in [0.15, 0.2) is 5.69 Å². The Balaban J connectivity index is 1.87. The molecule has 0 saturated carbocycles. The zero-order valence-electron chi connectivity index (χ0n) is 17.7.